The number of ether oxygens (including phenoxy) is 1. The lowest BCUT2D eigenvalue weighted by Gasteiger charge is -2.17. The highest BCUT2D eigenvalue weighted by Gasteiger charge is 2.16. The van der Waals surface area contributed by atoms with Crippen molar-refractivity contribution in [3.8, 4) is 22.8 Å². The summed E-state index contributed by atoms with van der Waals surface area (Å²) in [7, 11) is -1.16. The van der Waals surface area contributed by atoms with Crippen LogP contribution in [0.25, 0.3) is 22.8 Å². The van der Waals surface area contributed by atoms with Gasteiger partial charge in [-0.15, -0.1) is 0 Å². The Bertz CT molecular complexity index is 861. The van der Waals surface area contributed by atoms with Gasteiger partial charge in [0.05, 0.1) is 18.1 Å². The molecule has 0 aliphatic heterocycles. The Morgan fingerprint density at radius 2 is 1.96 bits per heavy atom. The van der Waals surface area contributed by atoms with Crippen molar-refractivity contribution in [2.75, 3.05) is 6.61 Å². The first-order valence-electron chi connectivity index (χ1n) is 8.60. The van der Waals surface area contributed by atoms with E-state index in [1.807, 2.05) is 10.6 Å². The van der Waals surface area contributed by atoms with Gasteiger partial charge in [0, 0.05) is 32.6 Å². The van der Waals surface area contributed by atoms with Crippen LogP contribution in [0, 0.1) is 5.82 Å². The van der Waals surface area contributed by atoms with Gasteiger partial charge in [-0.3, -0.25) is 9.55 Å². The van der Waals surface area contributed by atoms with Crippen LogP contribution in [0.2, 0.25) is 25.7 Å². The first kappa shape index (κ1) is 18.4. The Balaban J connectivity index is 1.91. The molecule has 3 rings (SSSR count). The molecule has 0 atom stereocenters. The molecule has 3 aromatic rings. The third-order valence-electron chi connectivity index (χ3n) is 3.99. The maximum atomic E-state index is 13.7. The first-order chi connectivity index (χ1) is 12.4. The van der Waals surface area contributed by atoms with Crippen LogP contribution in [0.1, 0.15) is 0 Å². The quantitative estimate of drug-likeness (QED) is 0.455. The molecule has 26 heavy (non-hydrogen) atoms. The van der Waals surface area contributed by atoms with E-state index >= 15 is 0 Å². The second-order valence-corrected chi connectivity index (χ2v) is 13.0. The average Bonchev–Trinajstić information content (AvgIpc) is 3.02. The van der Waals surface area contributed by atoms with Gasteiger partial charge in [0.25, 0.3) is 0 Å². The van der Waals surface area contributed by atoms with Crippen molar-refractivity contribution in [2.45, 2.75) is 32.4 Å². The second kappa shape index (κ2) is 7.88. The van der Waals surface area contributed by atoms with Crippen molar-refractivity contribution >= 4 is 8.07 Å². The molecule has 0 N–H and O–H groups in total. The minimum absolute atomic E-state index is 0.282. The molecule has 2 aromatic heterocycles. The van der Waals surface area contributed by atoms with Gasteiger partial charge in [0.1, 0.15) is 18.2 Å². The highest BCUT2D eigenvalue weighted by Crippen LogP contribution is 2.26. The lowest BCUT2D eigenvalue weighted by Crippen LogP contribution is -2.22. The molecule has 0 aliphatic rings. The van der Waals surface area contributed by atoms with Crippen molar-refractivity contribution in [1.82, 2.24) is 19.5 Å². The first-order valence-corrected chi connectivity index (χ1v) is 12.3. The summed E-state index contributed by atoms with van der Waals surface area (Å²) in [5.74, 6) is 0.376. The summed E-state index contributed by atoms with van der Waals surface area (Å²) < 4.78 is 21.5. The lowest BCUT2D eigenvalue weighted by molar-refractivity contribution is 0.0892. The number of halogens is 1. The van der Waals surface area contributed by atoms with Gasteiger partial charge >= 0.3 is 0 Å². The summed E-state index contributed by atoms with van der Waals surface area (Å²) in [6.07, 6.45) is 6.63. The van der Waals surface area contributed by atoms with E-state index in [4.69, 9.17) is 4.74 Å². The zero-order valence-corrected chi connectivity index (χ0v) is 16.3. The Hall–Kier alpha value is -2.38. The van der Waals surface area contributed by atoms with Gasteiger partial charge in [0.15, 0.2) is 5.82 Å². The van der Waals surface area contributed by atoms with Crippen molar-refractivity contribution in [3.63, 3.8) is 0 Å². The van der Waals surface area contributed by atoms with E-state index in [1.165, 1.54) is 12.1 Å². The van der Waals surface area contributed by atoms with E-state index in [0.29, 0.717) is 24.9 Å². The Labute approximate surface area is 153 Å². The molecule has 0 aliphatic carbocycles. The Morgan fingerprint density at radius 3 is 2.65 bits per heavy atom. The van der Waals surface area contributed by atoms with Crippen molar-refractivity contribution in [1.29, 1.82) is 0 Å². The average molecular weight is 371 g/mol. The molecule has 136 valence electrons. The predicted molar refractivity (Wildman–Crippen MR) is 103 cm³/mol. The number of benzene rings is 1. The molecule has 0 amide bonds. The fraction of sp³-hybridized carbons (Fsp3) is 0.316. The molecule has 0 radical (unpaired) electrons. The topological polar surface area (TPSA) is 52.8 Å². The molecule has 0 fully saturated rings. The van der Waals surface area contributed by atoms with Gasteiger partial charge in [-0.2, -0.15) is 0 Å². The Morgan fingerprint density at radius 1 is 1.12 bits per heavy atom. The molecule has 5 nitrogen and oxygen atoms in total. The highest BCUT2D eigenvalue weighted by molar-refractivity contribution is 6.76. The van der Waals surface area contributed by atoms with Gasteiger partial charge in [-0.25, -0.2) is 14.4 Å². The van der Waals surface area contributed by atoms with Gasteiger partial charge in [0.2, 0.25) is 0 Å². The van der Waals surface area contributed by atoms with Crippen LogP contribution in [0.15, 0.2) is 49.1 Å². The molecule has 0 spiro atoms. The summed E-state index contributed by atoms with van der Waals surface area (Å²) >= 11 is 0. The van der Waals surface area contributed by atoms with E-state index < -0.39 is 8.07 Å². The molecule has 0 saturated heterocycles. The molecule has 0 unspecified atom stereocenters. The minimum atomic E-state index is -1.16. The van der Waals surface area contributed by atoms with Crippen molar-refractivity contribution < 1.29 is 9.13 Å². The van der Waals surface area contributed by atoms with E-state index in [0.717, 1.165) is 17.3 Å². The van der Waals surface area contributed by atoms with Crippen LogP contribution in [0.3, 0.4) is 0 Å². The third-order valence-corrected chi connectivity index (χ3v) is 5.69. The smallest absolute Gasteiger partial charge is 0.162 e. The zero-order valence-electron chi connectivity index (χ0n) is 15.3. The molecule has 1 aromatic carbocycles. The summed E-state index contributed by atoms with van der Waals surface area (Å²) in [4.78, 5) is 12.9. The van der Waals surface area contributed by atoms with Gasteiger partial charge in [-0.1, -0.05) is 31.8 Å². The number of imidazole rings is 1. The number of nitrogens with zero attached hydrogens (tertiary/aromatic N) is 4. The van der Waals surface area contributed by atoms with E-state index in [-0.39, 0.29) is 5.82 Å². The van der Waals surface area contributed by atoms with E-state index in [1.54, 1.807) is 30.9 Å². The van der Waals surface area contributed by atoms with Gasteiger partial charge < -0.3 is 4.74 Å². The Kier molecular flexibility index (Phi) is 5.58. The molecular formula is C19H23FN4OSi. The number of aromatic nitrogens is 4. The maximum absolute atomic E-state index is 13.7. The van der Waals surface area contributed by atoms with Crippen molar-refractivity contribution in [3.05, 3.63) is 54.9 Å². The normalized spacial score (nSPS) is 11.7. The summed E-state index contributed by atoms with van der Waals surface area (Å²) in [6, 6.07) is 7.56. The van der Waals surface area contributed by atoms with Crippen LogP contribution >= 0.6 is 0 Å². The number of rotatable bonds is 7. The largest absolute Gasteiger partial charge is 0.361 e. The standard InChI is InChI=1S/C19H23FN4OSi/c1-26(2,3)10-9-25-14-24-18(15-5-4-6-16(20)11-15)13-23-19(24)17-12-21-7-8-22-17/h4-8,11-13H,9-10,14H2,1-3H3. The summed E-state index contributed by atoms with van der Waals surface area (Å²) in [5.41, 5.74) is 2.20. The van der Waals surface area contributed by atoms with E-state index in [9.17, 15) is 4.39 Å². The van der Waals surface area contributed by atoms with Crippen LogP contribution in [0.5, 0.6) is 0 Å². The third kappa shape index (κ3) is 4.62. The monoisotopic (exact) mass is 370 g/mol. The maximum Gasteiger partial charge on any atom is 0.162 e. The summed E-state index contributed by atoms with van der Waals surface area (Å²) in [6.45, 7) is 7.98. The summed E-state index contributed by atoms with van der Waals surface area (Å²) in [5, 5.41) is 0. The van der Waals surface area contributed by atoms with E-state index in [2.05, 4.69) is 34.6 Å². The van der Waals surface area contributed by atoms with Crippen LogP contribution in [0.4, 0.5) is 4.39 Å². The molecular weight excluding hydrogens is 347 g/mol. The highest BCUT2D eigenvalue weighted by atomic mass is 28.3. The molecule has 2 heterocycles. The minimum Gasteiger partial charge on any atom is -0.361 e. The molecule has 0 saturated carbocycles. The van der Waals surface area contributed by atoms with Crippen molar-refractivity contribution in [2.24, 2.45) is 0 Å². The second-order valence-electron chi connectivity index (χ2n) is 7.34. The lowest BCUT2D eigenvalue weighted by atomic mass is 10.1. The zero-order chi connectivity index (χ0) is 18.6. The molecule has 7 heteroatoms. The number of hydrogen-bond acceptors (Lipinski definition) is 4. The van der Waals surface area contributed by atoms with Crippen LogP contribution < -0.4 is 0 Å². The SMILES string of the molecule is C[Si](C)(C)CCOCn1c(-c2cccc(F)c2)cnc1-c1cnccn1. The van der Waals surface area contributed by atoms with Gasteiger partial charge in [-0.05, 0) is 18.2 Å². The predicted octanol–water partition coefficient (Wildman–Crippen LogP) is 4.46. The fourth-order valence-corrected chi connectivity index (χ4v) is 3.29. The van der Waals surface area contributed by atoms with Crippen LogP contribution in [-0.4, -0.2) is 34.2 Å². The molecule has 0 bridgehead atoms. The number of hydrogen-bond donors (Lipinski definition) is 0. The van der Waals surface area contributed by atoms with Crippen LogP contribution in [-0.2, 0) is 11.5 Å². The fourth-order valence-electron chi connectivity index (χ4n) is 2.54.